The van der Waals surface area contributed by atoms with E-state index in [2.05, 4.69) is 43.3 Å². The zero-order valence-corrected chi connectivity index (χ0v) is 16.9. The Hall–Kier alpha value is -1.92. The Balaban J connectivity index is 1.50. The van der Waals surface area contributed by atoms with Crippen LogP contribution in [0.5, 0.6) is 0 Å². The highest BCUT2D eigenvalue weighted by Gasteiger charge is 2.42. The van der Waals surface area contributed by atoms with Crippen LogP contribution in [0.25, 0.3) is 0 Å². The lowest BCUT2D eigenvalue weighted by Crippen LogP contribution is -2.38. The van der Waals surface area contributed by atoms with E-state index in [4.69, 9.17) is 4.74 Å². The number of anilines is 2. The van der Waals surface area contributed by atoms with Crippen molar-refractivity contribution >= 4 is 33.3 Å². The largest absolute Gasteiger partial charge is 0.378 e. The first-order valence-electron chi connectivity index (χ1n) is 9.54. The maximum Gasteiger partial charge on any atom is 0.235 e. The van der Waals surface area contributed by atoms with E-state index in [0.717, 1.165) is 73.5 Å². The molecule has 1 aromatic carbocycles. The van der Waals surface area contributed by atoms with E-state index in [1.807, 2.05) is 24.3 Å². The molecule has 1 aliphatic carbocycles. The number of rotatable bonds is 4. The second kappa shape index (κ2) is 7.98. The van der Waals surface area contributed by atoms with Crippen LogP contribution in [-0.2, 0) is 14.9 Å². The maximum absolute atomic E-state index is 13.2. The van der Waals surface area contributed by atoms with E-state index < -0.39 is 5.41 Å². The Kier molecular flexibility index (Phi) is 5.45. The maximum atomic E-state index is 13.2. The molecule has 1 saturated carbocycles. The number of carbonyl (C=O) groups excluding carboxylic acids is 1. The molecule has 2 aliphatic rings. The predicted octanol–water partition coefficient (Wildman–Crippen LogP) is 4.13. The summed E-state index contributed by atoms with van der Waals surface area (Å²) in [4.78, 5) is 20.0. The fraction of sp³-hybridized carbons (Fsp3) is 0.429. The van der Waals surface area contributed by atoms with Gasteiger partial charge in [0.1, 0.15) is 5.82 Å². The van der Waals surface area contributed by atoms with Crippen molar-refractivity contribution in [1.82, 2.24) is 4.98 Å². The van der Waals surface area contributed by atoms with Crippen LogP contribution in [0, 0.1) is 0 Å². The normalized spacial score (nSPS) is 19.1. The van der Waals surface area contributed by atoms with Gasteiger partial charge in [-0.15, -0.1) is 0 Å². The first-order chi connectivity index (χ1) is 13.2. The van der Waals surface area contributed by atoms with E-state index in [1.165, 1.54) is 0 Å². The molecule has 1 amide bonds. The van der Waals surface area contributed by atoms with Gasteiger partial charge in [0, 0.05) is 17.6 Å². The first-order valence-corrected chi connectivity index (χ1v) is 10.3. The van der Waals surface area contributed by atoms with Gasteiger partial charge in [-0.05, 0) is 42.7 Å². The number of benzene rings is 1. The molecule has 2 aromatic rings. The van der Waals surface area contributed by atoms with E-state index in [9.17, 15) is 4.79 Å². The molecule has 5 nitrogen and oxygen atoms in total. The molecule has 142 valence electrons. The molecule has 0 bridgehead atoms. The third-order valence-corrected chi connectivity index (χ3v) is 6.16. The molecule has 1 aromatic heterocycles. The lowest BCUT2D eigenvalue weighted by atomic mass is 9.78. The number of ether oxygens (including phenoxy) is 1. The summed E-state index contributed by atoms with van der Waals surface area (Å²) in [7, 11) is 0. The molecule has 1 saturated heterocycles. The summed E-state index contributed by atoms with van der Waals surface area (Å²) in [5.41, 5.74) is 1.41. The van der Waals surface area contributed by atoms with Gasteiger partial charge in [0.05, 0.1) is 30.5 Å². The highest BCUT2D eigenvalue weighted by Crippen LogP contribution is 2.42. The number of hydrogen-bond donors (Lipinski definition) is 1. The smallest absolute Gasteiger partial charge is 0.235 e. The molecule has 2 fully saturated rings. The number of morpholine rings is 1. The van der Waals surface area contributed by atoms with Gasteiger partial charge in [-0.1, -0.05) is 40.9 Å². The molecule has 1 aliphatic heterocycles. The minimum absolute atomic E-state index is 0.0724. The molecular weight excluding hydrogens is 406 g/mol. The van der Waals surface area contributed by atoms with Crippen LogP contribution in [0.3, 0.4) is 0 Å². The van der Waals surface area contributed by atoms with Gasteiger partial charge >= 0.3 is 0 Å². The molecule has 2 heterocycles. The van der Waals surface area contributed by atoms with Crippen molar-refractivity contribution in [2.45, 2.75) is 31.1 Å². The van der Waals surface area contributed by atoms with E-state index >= 15 is 0 Å². The lowest BCUT2D eigenvalue weighted by Gasteiger charge is -2.29. The number of aromatic nitrogens is 1. The summed E-state index contributed by atoms with van der Waals surface area (Å²) in [6.45, 7) is 3.17. The van der Waals surface area contributed by atoms with Crippen LogP contribution in [-0.4, -0.2) is 37.2 Å². The Morgan fingerprint density at radius 1 is 1.07 bits per heavy atom. The zero-order chi connectivity index (χ0) is 18.7. The monoisotopic (exact) mass is 429 g/mol. The fourth-order valence-electron chi connectivity index (χ4n) is 4.08. The Morgan fingerprint density at radius 3 is 2.41 bits per heavy atom. The van der Waals surface area contributed by atoms with Gasteiger partial charge in [-0.3, -0.25) is 4.79 Å². The molecule has 1 N–H and O–H groups in total. The molecular formula is C21H24BrN3O2. The van der Waals surface area contributed by atoms with Crippen LogP contribution in [0.15, 0.2) is 47.1 Å². The molecule has 0 spiro atoms. The molecule has 27 heavy (non-hydrogen) atoms. The summed E-state index contributed by atoms with van der Waals surface area (Å²) in [6, 6.07) is 12.1. The van der Waals surface area contributed by atoms with Crippen molar-refractivity contribution in [3.05, 3.63) is 52.6 Å². The van der Waals surface area contributed by atoms with Crippen LogP contribution in [0.2, 0.25) is 0 Å². The standard InChI is InChI=1S/C21H24BrN3O2/c22-17-5-3-16(4-6-17)21(9-1-2-10-21)20(26)24-18-7-8-19(23-15-18)25-11-13-27-14-12-25/h3-8,15H,1-2,9-14H2,(H,24,26). The lowest BCUT2D eigenvalue weighted by molar-refractivity contribution is -0.121. The number of hydrogen-bond acceptors (Lipinski definition) is 4. The van der Waals surface area contributed by atoms with Crippen molar-refractivity contribution in [3.8, 4) is 0 Å². The zero-order valence-electron chi connectivity index (χ0n) is 15.3. The van der Waals surface area contributed by atoms with Gasteiger partial charge in [0.25, 0.3) is 0 Å². The van der Waals surface area contributed by atoms with Crippen molar-refractivity contribution in [1.29, 1.82) is 0 Å². The highest BCUT2D eigenvalue weighted by molar-refractivity contribution is 9.10. The molecule has 0 atom stereocenters. The average Bonchev–Trinajstić information content (AvgIpc) is 3.21. The number of carbonyl (C=O) groups is 1. The third-order valence-electron chi connectivity index (χ3n) is 5.63. The number of halogens is 1. The van der Waals surface area contributed by atoms with E-state index in [-0.39, 0.29) is 5.91 Å². The molecule has 6 heteroatoms. The van der Waals surface area contributed by atoms with E-state index in [0.29, 0.717) is 0 Å². The number of nitrogens with one attached hydrogen (secondary N) is 1. The second-order valence-electron chi connectivity index (χ2n) is 7.25. The molecule has 0 unspecified atom stereocenters. The van der Waals surface area contributed by atoms with Gasteiger partial charge in [-0.25, -0.2) is 4.98 Å². The molecule has 0 radical (unpaired) electrons. The minimum atomic E-state index is -0.441. The van der Waals surface area contributed by atoms with Gasteiger partial charge in [0.2, 0.25) is 5.91 Å². The Morgan fingerprint density at radius 2 is 1.78 bits per heavy atom. The predicted molar refractivity (Wildman–Crippen MR) is 110 cm³/mol. The third kappa shape index (κ3) is 3.87. The number of pyridine rings is 1. The Bertz CT molecular complexity index is 780. The van der Waals surface area contributed by atoms with Gasteiger partial charge < -0.3 is 15.0 Å². The van der Waals surface area contributed by atoms with Crippen LogP contribution < -0.4 is 10.2 Å². The summed E-state index contributed by atoms with van der Waals surface area (Å²) in [5, 5.41) is 3.11. The van der Waals surface area contributed by atoms with Crippen molar-refractivity contribution in [2.24, 2.45) is 0 Å². The van der Waals surface area contributed by atoms with Crippen molar-refractivity contribution in [2.75, 3.05) is 36.5 Å². The van der Waals surface area contributed by atoms with Gasteiger partial charge in [-0.2, -0.15) is 0 Å². The van der Waals surface area contributed by atoms with Crippen LogP contribution in [0.4, 0.5) is 11.5 Å². The number of amides is 1. The summed E-state index contributed by atoms with van der Waals surface area (Å²) < 4.78 is 6.42. The average molecular weight is 430 g/mol. The quantitative estimate of drug-likeness (QED) is 0.793. The first kappa shape index (κ1) is 18.4. The van der Waals surface area contributed by atoms with Crippen molar-refractivity contribution in [3.63, 3.8) is 0 Å². The summed E-state index contributed by atoms with van der Waals surface area (Å²) >= 11 is 3.48. The topological polar surface area (TPSA) is 54.5 Å². The van der Waals surface area contributed by atoms with E-state index in [1.54, 1.807) is 6.20 Å². The van der Waals surface area contributed by atoms with Crippen LogP contribution >= 0.6 is 15.9 Å². The Labute approximate surface area is 168 Å². The molecule has 4 rings (SSSR count). The summed E-state index contributed by atoms with van der Waals surface area (Å²) in [6.07, 6.45) is 5.70. The number of nitrogens with zero attached hydrogens (tertiary/aromatic N) is 2. The van der Waals surface area contributed by atoms with Gasteiger partial charge in [0.15, 0.2) is 0 Å². The highest BCUT2D eigenvalue weighted by atomic mass is 79.9. The van der Waals surface area contributed by atoms with Crippen molar-refractivity contribution < 1.29 is 9.53 Å². The van der Waals surface area contributed by atoms with Crippen LogP contribution in [0.1, 0.15) is 31.2 Å². The summed E-state index contributed by atoms with van der Waals surface area (Å²) in [5.74, 6) is 1.00. The fourth-order valence-corrected chi connectivity index (χ4v) is 4.35. The SMILES string of the molecule is O=C(Nc1ccc(N2CCOCC2)nc1)C1(c2ccc(Br)cc2)CCCC1. The second-order valence-corrected chi connectivity index (χ2v) is 8.17. The minimum Gasteiger partial charge on any atom is -0.378 e.